The van der Waals surface area contributed by atoms with Gasteiger partial charge in [0.15, 0.2) is 0 Å². The molecule has 2 heterocycles. The molecule has 80 valence electrons. The van der Waals surface area contributed by atoms with E-state index in [0.29, 0.717) is 5.15 Å². The predicted octanol–water partition coefficient (Wildman–Crippen LogP) is 3.34. The standard InChI is InChI=1S/C12H10ClN3/c1-2-8(6-14)9-5-11-10(15-7-9)3-4-12(13)16-11/h2-7,14H,1H3/b8-2+,14-6?. The molecule has 3 nitrogen and oxygen atoms in total. The monoisotopic (exact) mass is 231 g/mol. The predicted molar refractivity (Wildman–Crippen MR) is 67.0 cm³/mol. The SMILES string of the molecule is C/C=C(\C=N)c1cnc2ccc(Cl)nc2c1. The van der Waals surface area contributed by atoms with Crippen LogP contribution in [0.3, 0.4) is 0 Å². The first-order chi connectivity index (χ1) is 7.74. The summed E-state index contributed by atoms with van der Waals surface area (Å²) >= 11 is 5.82. The second-order valence-corrected chi connectivity index (χ2v) is 3.67. The largest absolute Gasteiger partial charge is 0.308 e. The van der Waals surface area contributed by atoms with Crippen molar-refractivity contribution in [2.75, 3.05) is 0 Å². The molecular formula is C12H10ClN3. The highest BCUT2D eigenvalue weighted by Crippen LogP contribution is 2.18. The maximum Gasteiger partial charge on any atom is 0.129 e. The van der Waals surface area contributed by atoms with Gasteiger partial charge in [-0.2, -0.15) is 0 Å². The zero-order valence-corrected chi connectivity index (χ0v) is 9.49. The van der Waals surface area contributed by atoms with Crippen LogP contribution in [0.15, 0.2) is 30.5 Å². The van der Waals surface area contributed by atoms with E-state index in [4.69, 9.17) is 17.0 Å². The van der Waals surface area contributed by atoms with Crippen molar-refractivity contribution < 1.29 is 0 Å². The van der Waals surface area contributed by atoms with Crippen LogP contribution >= 0.6 is 11.6 Å². The number of hydrogen-bond acceptors (Lipinski definition) is 3. The van der Waals surface area contributed by atoms with Gasteiger partial charge in [-0.15, -0.1) is 0 Å². The minimum atomic E-state index is 0.448. The van der Waals surface area contributed by atoms with E-state index in [1.165, 1.54) is 6.21 Å². The van der Waals surface area contributed by atoms with Gasteiger partial charge >= 0.3 is 0 Å². The lowest BCUT2D eigenvalue weighted by Crippen LogP contribution is -1.90. The van der Waals surface area contributed by atoms with Crippen molar-refractivity contribution in [1.29, 1.82) is 5.41 Å². The summed E-state index contributed by atoms with van der Waals surface area (Å²) in [5, 5.41) is 7.73. The molecule has 0 spiro atoms. The molecule has 0 saturated carbocycles. The number of fused-ring (bicyclic) bond motifs is 1. The summed E-state index contributed by atoms with van der Waals surface area (Å²) in [7, 11) is 0. The molecule has 2 aromatic rings. The summed E-state index contributed by atoms with van der Waals surface area (Å²) in [6.07, 6.45) is 4.89. The second-order valence-electron chi connectivity index (χ2n) is 3.28. The van der Waals surface area contributed by atoms with E-state index < -0.39 is 0 Å². The Hall–Kier alpha value is -1.74. The van der Waals surface area contributed by atoms with E-state index in [2.05, 4.69) is 9.97 Å². The Balaban J connectivity index is 2.63. The number of aromatic nitrogens is 2. The molecule has 0 aliphatic rings. The molecule has 0 aliphatic carbocycles. The molecule has 0 atom stereocenters. The minimum Gasteiger partial charge on any atom is -0.308 e. The normalized spacial score (nSPS) is 11.8. The fraction of sp³-hybridized carbons (Fsp3) is 0.0833. The Morgan fingerprint density at radius 2 is 2.19 bits per heavy atom. The van der Waals surface area contributed by atoms with Crippen LogP contribution in [0.5, 0.6) is 0 Å². The number of rotatable bonds is 2. The number of pyridine rings is 2. The van der Waals surface area contributed by atoms with E-state index in [1.807, 2.05) is 25.1 Å². The smallest absolute Gasteiger partial charge is 0.129 e. The number of hydrogen-bond donors (Lipinski definition) is 1. The maximum atomic E-state index is 7.28. The van der Waals surface area contributed by atoms with Crippen molar-refractivity contribution in [3.8, 4) is 0 Å². The summed E-state index contributed by atoms with van der Waals surface area (Å²) in [5.41, 5.74) is 3.23. The van der Waals surface area contributed by atoms with E-state index in [0.717, 1.165) is 22.2 Å². The van der Waals surface area contributed by atoms with E-state index in [1.54, 1.807) is 12.3 Å². The van der Waals surface area contributed by atoms with Gasteiger partial charge in [0, 0.05) is 18.0 Å². The molecule has 1 N–H and O–H groups in total. The van der Waals surface area contributed by atoms with Gasteiger partial charge < -0.3 is 5.41 Å². The zero-order chi connectivity index (χ0) is 11.5. The van der Waals surface area contributed by atoms with E-state index in [9.17, 15) is 0 Å². The molecule has 0 unspecified atom stereocenters. The van der Waals surface area contributed by atoms with Gasteiger partial charge in [-0.1, -0.05) is 17.7 Å². The fourth-order valence-electron chi connectivity index (χ4n) is 1.47. The van der Waals surface area contributed by atoms with Crippen LogP contribution in [0.4, 0.5) is 0 Å². The maximum absolute atomic E-state index is 7.28. The summed E-state index contributed by atoms with van der Waals surface area (Å²) in [5.74, 6) is 0. The number of allylic oxidation sites excluding steroid dienone is 2. The Kier molecular flexibility index (Phi) is 2.97. The third-order valence-electron chi connectivity index (χ3n) is 2.30. The highest BCUT2D eigenvalue weighted by atomic mass is 35.5. The molecule has 0 radical (unpaired) electrons. The lowest BCUT2D eigenvalue weighted by atomic mass is 10.1. The Morgan fingerprint density at radius 3 is 2.88 bits per heavy atom. The Labute approximate surface area is 98.3 Å². The van der Waals surface area contributed by atoms with Crippen LogP contribution in [-0.4, -0.2) is 16.2 Å². The molecule has 0 aliphatic heterocycles. The molecule has 2 rings (SSSR count). The van der Waals surface area contributed by atoms with Crippen molar-refractivity contribution in [1.82, 2.24) is 9.97 Å². The molecule has 0 aromatic carbocycles. The second kappa shape index (κ2) is 4.41. The highest BCUT2D eigenvalue weighted by molar-refractivity contribution is 6.29. The van der Waals surface area contributed by atoms with Gasteiger partial charge in [0.2, 0.25) is 0 Å². The number of nitrogens with zero attached hydrogens (tertiary/aromatic N) is 2. The van der Waals surface area contributed by atoms with Crippen LogP contribution in [0, 0.1) is 5.41 Å². The Bertz CT molecular complexity index is 575. The first kappa shape index (κ1) is 10.8. The van der Waals surface area contributed by atoms with Crippen molar-refractivity contribution in [3.05, 3.63) is 41.2 Å². The Morgan fingerprint density at radius 1 is 1.38 bits per heavy atom. The van der Waals surface area contributed by atoms with Gasteiger partial charge in [-0.3, -0.25) is 4.98 Å². The molecule has 0 saturated heterocycles. The molecule has 0 bridgehead atoms. The van der Waals surface area contributed by atoms with Gasteiger partial charge in [0.05, 0.1) is 11.0 Å². The average Bonchev–Trinajstić information content (AvgIpc) is 2.30. The molecule has 16 heavy (non-hydrogen) atoms. The topological polar surface area (TPSA) is 49.6 Å². The van der Waals surface area contributed by atoms with Gasteiger partial charge in [-0.25, -0.2) is 4.98 Å². The van der Waals surface area contributed by atoms with Gasteiger partial charge in [0.1, 0.15) is 5.15 Å². The van der Waals surface area contributed by atoms with Gasteiger partial charge in [0.25, 0.3) is 0 Å². The third-order valence-corrected chi connectivity index (χ3v) is 2.51. The number of nitrogens with one attached hydrogen (secondary N) is 1. The summed E-state index contributed by atoms with van der Waals surface area (Å²) in [4.78, 5) is 8.46. The van der Waals surface area contributed by atoms with Crippen LogP contribution < -0.4 is 0 Å². The lowest BCUT2D eigenvalue weighted by molar-refractivity contribution is 1.32. The van der Waals surface area contributed by atoms with Gasteiger partial charge in [-0.05, 0) is 30.7 Å². The van der Waals surface area contributed by atoms with Crippen LogP contribution in [0.2, 0.25) is 5.15 Å². The van der Waals surface area contributed by atoms with Crippen molar-refractivity contribution in [2.24, 2.45) is 0 Å². The molecule has 0 amide bonds. The van der Waals surface area contributed by atoms with Crippen molar-refractivity contribution >= 4 is 34.4 Å². The average molecular weight is 232 g/mol. The number of halogens is 1. The summed E-state index contributed by atoms with van der Waals surface area (Å²) in [6.45, 7) is 1.88. The molecule has 2 aromatic heterocycles. The molecule has 0 fully saturated rings. The third kappa shape index (κ3) is 1.95. The highest BCUT2D eigenvalue weighted by Gasteiger charge is 2.02. The van der Waals surface area contributed by atoms with Crippen LogP contribution in [0.1, 0.15) is 12.5 Å². The fourth-order valence-corrected chi connectivity index (χ4v) is 1.63. The lowest BCUT2D eigenvalue weighted by Gasteiger charge is -2.02. The zero-order valence-electron chi connectivity index (χ0n) is 8.74. The van der Waals surface area contributed by atoms with Crippen molar-refractivity contribution in [3.63, 3.8) is 0 Å². The van der Waals surface area contributed by atoms with Crippen molar-refractivity contribution in [2.45, 2.75) is 6.92 Å². The van der Waals surface area contributed by atoms with Crippen LogP contribution in [-0.2, 0) is 0 Å². The molecular weight excluding hydrogens is 222 g/mol. The summed E-state index contributed by atoms with van der Waals surface area (Å²) in [6, 6.07) is 5.42. The van der Waals surface area contributed by atoms with E-state index >= 15 is 0 Å². The summed E-state index contributed by atoms with van der Waals surface area (Å²) < 4.78 is 0. The van der Waals surface area contributed by atoms with E-state index in [-0.39, 0.29) is 0 Å². The molecule has 4 heteroatoms. The first-order valence-corrected chi connectivity index (χ1v) is 5.22. The quantitative estimate of drug-likeness (QED) is 0.637. The first-order valence-electron chi connectivity index (χ1n) is 4.84. The minimum absolute atomic E-state index is 0.448. The van der Waals surface area contributed by atoms with Crippen LogP contribution in [0.25, 0.3) is 16.6 Å².